The summed E-state index contributed by atoms with van der Waals surface area (Å²) in [5, 5.41) is 6.29. The summed E-state index contributed by atoms with van der Waals surface area (Å²) in [6.07, 6.45) is 2.31. The number of anilines is 1. The van der Waals surface area contributed by atoms with E-state index >= 15 is 0 Å². The number of hydrazone groups is 1. The third kappa shape index (κ3) is 5.62. The molecule has 2 amide bonds. The summed E-state index contributed by atoms with van der Waals surface area (Å²) < 4.78 is 10.7. The number of methoxy groups -OCH3 is 1. The molecule has 0 aliphatic carbocycles. The first-order valence-corrected chi connectivity index (χ1v) is 8.14. The average Bonchev–Trinajstić information content (AvgIpc) is 2.67. The molecule has 0 aliphatic heterocycles. The summed E-state index contributed by atoms with van der Waals surface area (Å²) in [5.41, 5.74) is 3.35. The Morgan fingerprint density at radius 2 is 1.92 bits per heavy atom. The summed E-state index contributed by atoms with van der Waals surface area (Å²) in [4.78, 5) is 23.7. The number of ether oxygens (including phenoxy) is 2. The van der Waals surface area contributed by atoms with Crippen LogP contribution >= 0.6 is 0 Å². The zero-order chi connectivity index (χ0) is 18.8. The van der Waals surface area contributed by atoms with Crippen LogP contribution in [0.1, 0.15) is 18.9 Å². The second-order valence-electron chi connectivity index (χ2n) is 5.27. The quantitative estimate of drug-likeness (QED) is 0.454. The maximum absolute atomic E-state index is 11.9. The van der Waals surface area contributed by atoms with Crippen LogP contribution < -0.4 is 20.2 Å². The number of hydrogen-bond acceptors (Lipinski definition) is 5. The molecule has 0 radical (unpaired) electrons. The molecular formula is C19H21N3O4. The molecule has 7 heteroatoms. The van der Waals surface area contributed by atoms with Crippen LogP contribution in [0.4, 0.5) is 5.69 Å². The molecule has 0 saturated carbocycles. The molecule has 2 rings (SSSR count). The standard InChI is InChI=1S/C19H21N3O4/c1-3-11-26-17-10-5-4-7-14(17)13-20-22-19(24)18(23)21-15-8-6-9-16(12-15)25-2/h4-10,12-13H,3,11H2,1-2H3,(H,21,23)(H,22,24)/b20-13-. The minimum absolute atomic E-state index is 0.451. The molecule has 0 saturated heterocycles. The fourth-order valence-electron chi connectivity index (χ4n) is 2.03. The first-order chi connectivity index (χ1) is 12.6. The number of para-hydroxylation sites is 1. The first kappa shape index (κ1) is 19.0. The molecule has 0 fully saturated rings. The molecule has 0 unspecified atom stereocenters. The van der Waals surface area contributed by atoms with Gasteiger partial charge in [0, 0.05) is 17.3 Å². The molecule has 0 bridgehead atoms. The maximum atomic E-state index is 11.9. The van der Waals surface area contributed by atoms with E-state index in [1.807, 2.05) is 25.1 Å². The van der Waals surface area contributed by atoms with Crippen LogP contribution in [0.5, 0.6) is 11.5 Å². The molecule has 0 atom stereocenters. The van der Waals surface area contributed by atoms with Crippen molar-refractivity contribution in [3.05, 3.63) is 54.1 Å². The van der Waals surface area contributed by atoms with Crippen LogP contribution in [0, 0.1) is 0 Å². The number of nitrogens with one attached hydrogen (secondary N) is 2. The number of amides is 2. The SMILES string of the molecule is CCCOc1ccccc1/C=N\NC(=O)C(=O)Nc1cccc(OC)c1. The predicted octanol–water partition coefficient (Wildman–Crippen LogP) is 2.57. The lowest BCUT2D eigenvalue weighted by Gasteiger charge is -2.07. The highest BCUT2D eigenvalue weighted by Gasteiger charge is 2.13. The van der Waals surface area contributed by atoms with Gasteiger partial charge in [0.05, 0.1) is 19.9 Å². The van der Waals surface area contributed by atoms with E-state index in [2.05, 4.69) is 15.8 Å². The Balaban J connectivity index is 1.93. The van der Waals surface area contributed by atoms with Gasteiger partial charge in [-0.1, -0.05) is 25.1 Å². The highest BCUT2D eigenvalue weighted by Crippen LogP contribution is 2.17. The van der Waals surface area contributed by atoms with Crippen LogP contribution in [0.25, 0.3) is 0 Å². The van der Waals surface area contributed by atoms with Crippen molar-refractivity contribution in [1.29, 1.82) is 0 Å². The van der Waals surface area contributed by atoms with Crippen molar-refractivity contribution in [1.82, 2.24) is 5.43 Å². The Morgan fingerprint density at radius 3 is 2.69 bits per heavy atom. The lowest BCUT2D eigenvalue weighted by atomic mass is 10.2. The van der Waals surface area contributed by atoms with Gasteiger partial charge in [-0.2, -0.15) is 5.10 Å². The van der Waals surface area contributed by atoms with Gasteiger partial charge in [0.2, 0.25) is 0 Å². The molecule has 2 aromatic carbocycles. The molecule has 2 aromatic rings. The highest BCUT2D eigenvalue weighted by atomic mass is 16.5. The Bertz CT molecular complexity index is 790. The van der Waals surface area contributed by atoms with E-state index < -0.39 is 11.8 Å². The summed E-state index contributed by atoms with van der Waals surface area (Å²) in [6.45, 7) is 2.60. The summed E-state index contributed by atoms with van der Waals surface area (Å²) >= 11 is 0. The Hall–Kier alpha value is -3.35. The molecule has 0 heterocycles. The van der Waals surface area contributed by atoms with Gasteiger partial charge in [0.25, 0.3) is 0 Å². The third-order valence-corrected chi connectivity index (χ3v) is 3.28. The Kier molecular flexibility index (Phi) is 7.17. The van der Waals surface area contributed by atoms with E-state index in [1.165, 1.54) is 13.3 Å². The van der Waals surface area contributed by atoms with E-state index in [9.17, 15) is 9.59 Å². The van der Waals surface area contributed by atoms with E-state index in [1.54, 1.807) is 30.3 Å². The molecule has 0 aromatic heterocycles. The zero-order valence-electron chi connectivity index (χ0n) is 14.7. The summed E-state index contributed by atoms with van der Waals surface area (Å²) in [7, 11) is 1.52. The number of hydrogen-bond donors (Lipinski definition) is 2. The van der Waals surface area contributed by atoms with E-state index in [0.717, 1.165) is 6.42 Å². The minimum atomic E-state index is -0.879. The monoisotopic (exact) mass is 355 g/mol. The lowest BCUT2D eigenvalue weighted by Crippen LogP contribution is -2.32. The second kappa shape index (κ2) is 9.83. The Labute approximate surface area is 152 Å². The first-order valence-electron chi connectivity index (χ1n) is 8.14. The largest absolute Gasteiger partial charge is 0.497 e. The van der Waals surface area contributed by atoms with Crippen molar-refractivity contribution in [2.75, 3.05) is 19.0 Å². The zero-order valence-corrected chi connectivity index (χ0v) is 14.7. The maximum Gasteiger partial charge on any atom is 0.329 e. The molecule has 0 spiro atoms. The van der Waals surface area contributed by atoms with Crippen molar-refractivity contribution in [3.8, 4) is 11.5 Å². The van der Waals surface area contributed by atoms with Gasteiger partial charge >= 0.3 is 11.8 Å². The lowest BCUT2D eigenvalue weighted by molar-refractivity contribution is -0.136. The van der Waals surface area contributed by atoms with Crippen molar-refractivity contribution in [3.63, 3.8) is 0 Å². The minimum Gasteiger partial charge on any atom is -0.497 e. The molecular weight excluding hydrogens is 334 g/mol. The van der Waals surface area contributed by atoms with Gasteiger partial charge in [0.1, 0.15) is 11.5 Å². The van der Waals surface area contributed by atoms with Crippen LogP contribution in [-0.4, -0.2) is 31.7 Å². The number of nitrogens with zero attached hydrogens (tertiary/aromatic N) is 1. The molecule has 2 N–H and O–H groups in total. The van der Waals surface area contributed by atoms with E-state index in [0.29, 0.717) is 29.4 Å². The smallest absolute Gasteiger partial charge is 0.329 e. The highest BCUT2D eigenvalue weighted by molar-refractivity contribution is 6.39. The van der Waals surface area contributed by atoms with Gasteiger partial charge in [-0.25, -0.2) is 5.43 Å². The van der Waals surface area contributed by atoms with Crippen LogP contribution in [0.2, 0.25) is 0 Å². The topological polar surface area (TPSA) is 89.0 Å². The summed E-state index contributed by atoms with van der Waals surface area (Å²) in [5.74, 6) is -0.472. The van der Waals surface area contributed by atoms with E-state index in [-0.39, 0.29) is 0 Å². The second-order valence-corrected chi connectivity index (χ2v) is 5.27. The van der Waals surface area contributed by atoms with E-state index in [4.69, 9.17) is 9.47 Å². The Morgan fingerprint density at radius 1 is 1.12 bits per heavy atom. The normalized spacial score (nSPS) is 10.4. The summed E-state index contributed by atoms with van der Waals surface area (Å²) in [6, 6.07) is 14.0. The van der Waals surface area contributed by atoms with Gasteiger partial charge in [-0.3, -0.25) is 9.59 Å². The van der Waals surface area contributed by atoms with Gasteiger partial charge in [-0.05, 0) is 30.7 Å². The number of carbonyl (C=O) groups is 2. The number of rotatable bonds is 7. The number of benzene rings is 2. The van der Waals surface area contributed by atoms with Crippen LogP contribution in [0.15, 0.2) is 53.6 Å². The number of carbonyl (C=O) groups excluding carboxylic acids is 2. The van der Waals surface area contributed by atoms with Gasteiger partial charge in [-0.15, -0.1) is 0 Å². The molecule has 26 heavy (non-hydrogen) atoms. The van der Waals surface area contributed by atoms with Crippen LogP contribution in [0.3, 0.4) is 0 Å². The fraction of sp³-hybridized carbons (Fsp3) is 0.211. The predicted molar refractivity (Wildman–Crippen MR) is 99.6 cm³/mol. The van der Waals surface area contributed by atoms with Gasteiger partial charge in [0.15, 0.2) is 0 Å². The molecule has 136 valence electrons. The van der Waals surface area contributed by atoms with Crippen molar-refractivity contribution in [2.24, 2.45) is 5.10 Å². The average molecular weight is 355 g/mol. The van der Waals surface area contributed by atoms with Crippen molar-refractivity contribution < 1.29 is 19.1 Å². The fourth-order valence-corrected chi connectivity index (χ4v) is 2.03. The van der Waals surface area contributed by atoms with Crippen molar-refractivity contribution in [2.45, 2.75) is 13.3 Å². The van der Waals surface area contributed by atoms with Gasteiger partial charge < -0.3 is 14.8 Å². The molecule has 0 aliphatic rings. The third-order valence-electron chi connectivity index (χ3n) is 3.28. The molecule has 7 nitrogen and oxygen atoms in total. The van der Waals surface area contributed by atoms with Crippen LogP contribution in [-0.2, 0) is 9.59 Å². The van der Waals surface area contributed by atoms with Crippen molar-refractivity contribution >= 4 is 23.7 Å².